The predicted molar refractivity (Wildman–Crippen MR) is 142 cm³/mol. The molecule has 224 valence electrons. The maximum Gasteiger partial charge on any atom is 0.330 e. The number of rotatable bonds is 15. The first-order chi connectivity index (χ1) is 19.1. The molecular weight excluding hydrogens is 547 g/mol. The third-order valence-corrected chi connectivity index (χ3v) is 7.97. The minimum Gasteiger partial charge on any atom is -0.756 e. The molecule has 40 heavy (non-hydrogen) atoms. The Bertz CT molecular complexity index is 1190. The number of hydrogen-bond donors (Lipinski definition) is 4. The van der Waals surface area contributed by atoms with E-state index in [4.69, 9.17) is 9.26 Å². The molecule has 3 rings (SSSR count). The zero-order valence-corrected chi connectivity index (χ0v) is 23.4. The second-order valence-electron chi connectivity index (χ2n) is 9.88. The van der Waals surface area contributed by atoms with Gasteiger partial charge in [0.15, 0.2) is 0 Å². The van der Waals surface area contributed by atoms with Gasteiger partial charge in [0.2, 0.25) is 11.8 Å². The molecule has 15 heteroatoms. The number of nitrogens with zero attached hydrogens (tertiary/aromatic N) is 1. The van der Waals surface area contributed by atoms with Crippen molar-refractivity contribution in [3.63, 3.8) is 0 Å². The van der Waals surface area contributed by atoms with Crippen LogP contribution in [0.4, 0.5) is 0 Å². The number of H-pyrrole nitrogens is 1. The third-order valence-electron chi connectivity index (χ3n) is 7.00. The van der Waals surface area contributed by atoms with Crippen LogP contribution in [-0.2, 0) is 27.9 Å². The number of aliphatic hydroxyl groups is 1. The van der Waals surface area contributed by atoms with E-state index in [1.54, 1.807) is 0 Å². The van der Waals surface area contributed by atoms with Crippen LogP contribution < -0.4 is 26.8 Å². The molecule has 14 nitrogen and oxygen atoms in total. The first kappa shape index (κ1) is 31.9. The van der Waals surface area contributed by atoms with E-state index in [1.807, 2.05) is 0 Å². The van der Waals surface area contributed by atoms with E-state index in [2.05, 4.69) is 20.1 Å². The van der Waals surface area contributed by atoms with Crippen LogP contribution in [0, 0.1) is 5.92 Å². The quantitative estimate of drug-likeness (QED) is 0.126. The lowest BCUT2D eigenvalue weighted by molar-refractivity contribution is -0.229. The summed E-state index contributed by atoms with van der Waals surface area (Å²) in [6.07, 6.45) is 7.96. The highest BCUT2D eigenvalue weighted by Crippen LogP contribution is 2.43. The van der Waals surface area contributed by atoms with Gasteiger partial charge in [-0.1, -0.05) is 25.7 Å². The minimum atomic E-state index is -4.63. The van der Waals surface area contributed by atoms with Crippen LogP contribution in [0.2, 0.25) is 0 Å². The Hall–Kier alpha value is -2.61. The summed E-state index contributed by atoms with van der Waals surface area (Å²) >= 11 is 0. The average molecular weight is 586 g/mol. The molecule has 2 amide bonds. The number of aromatic amines is 1. The first-order valence-electron chi connectivity index (χ1n) is 13.5. The second kappa shape index (κ2) is 15.4. The molecule has 1 saturated carbocycles. The number of carbonyl (C=O) groups excluding carboxylic acids is 2. The molecule has 2 aliphatic rings. The fourth-order valence-electron chi connectivity index (χ4n) is 4.77. The molecule has 2 heterocycles. The summed E-state index contributed by atoms with van der Waals surface area (Å²) in [5.41, 5.74) is -1.54. The highest BCUT2D eigenvalue weighted by Gasteiger charge is 2.39. The number of phosphoric acid groups is 1. The fourth-order valence-corrected chi connectivity index (χ4v) is 5.41. The summed E-state index contributed by atoms with van der Waals surface area (Å²) in [7, 11) is -3.70. The maximum absolute atomic E-state index is 12.4. The smallest absolute Gasteiger partial charge is 0.330 e. The molecule has 0 spiro atoms. The maximum atomic E-state index is 12.4. The topological polar surface area (TPSA) is 201 Å². The van der Waals surface area contributed by atoms with Gasteiger partial charge < -0.3 is 34.4 Å². The van der Waals surface area contributed by atoms with E-state index >= 15 is 0 Å². The SMILES string of the molecule is COP(=O)([O-])OC1CC(n2cc(/C=C/C(=O)NCCCCCCNC(=O)C3CCCC3)c(=O)[nH]c2=O)OC1CO. The van der Waals surface area contributed by atoms with Gasteiger partial charge in [-0.05, 0) is 31.8 Å². The summed E-state index contributed by atoms with van der Waals surface area (Å²) in [5, 5.41) is 15.3. The van der Waals surface area contributed by atoms with Crippen LogP contribution in [0.1, 0.15) is 69.6 Å². The molecule has 1 aliphatic carbocycles. The number of nitrogens with one attached hydrogen (secondary N) is 3. The van der Waals surface area contributed by atoms with Gasteiger partial charge in [-0.3, -0.25) is 28.5 Å². The van der Waals surface area contributed by atoms with E-state index in [1.165, 1.54) is 18.3 Å². The number of hydrogen-bond acceptors (Lipinski definition) is 10. The normalized spacial score (nSPS) is 22.9. The van der Waals surface area contributed by atoms with Crippen LogP contribution >= 0.6 is 7.82 Å². The number of ether oxygens (including phenoxy) is 1. The van der Waals surface area contributed by atoms with Gasteiger partial charge in [0, 0.05) is 44.8 Å². The summed E-state index contributed by atoms with van der Waals surface area (Å²) in [6.45, 7) is 0.527. The summed E-state index contributed by atoms with van der Waals surface area (Å²) in [5.74, 6) is -0.0870. The number of carbonyl (C=O) groups is 2. The van der Waals surface area contributed by atoms with Crippen LogP contribution in [0.5, 0.6) is 0 Å². The van der Waals surface area contributed by atoms with Gasteiger partial charge in [0.25, 0.3) is 13.4 Å². The van der Waals surface area contributed by atoms with Gasteiger partial charge in [0.1, 0.15) is 12.3 Å². The molecule has 1 saturated heterocycles. The number of aromatic nitrogens is 2. The Labute approximate surface area is 231 Å². The summed E-state index contributed by atoms with van der Waals surface area (Å²) in [4.78, 5) is 62.6. The Balaban J connectivity index is 1.43. The van der Waals surface area contributed by atoms with Gasteiger partial charge in [-0.25, -0.2) is 4.79 Å². The van der Waals surface area contributed by atoms with Gasteiger partial charge >= 0.3 is 5.69 Å². The van der Waals surface area contributed by atoms with Crippen molar-refractivity contribution in [1.82, 2.24) is 20.2 Å². The highest BCUT2D eigenvalue weighted by atomic mass is 31.2. The molecule has 0 bridgehead atoms. The van der Waals surface area contributed by atoms with E-state index in [0.717, 1.165) is 63.0 Å². The fraction of sp³-hybridized carbons (Fsp3) is 0.680. The Morgan fingerprint density at radius 3 is 2.52 bits per heavy atom. The largest absolute Gasteiger partial charge is 0.756 e. The lowest BCUT2D eigenvalue weighted by Crippen LogP contribution is -2.33. The highest BCUT2D eigenvalue weighted by molar-refractivity contribution is 7.45. The predicted octanol–water partition coefficient (Wildman–Crippen LogP) is 0.313. The Morgan fingerprint density at radius 2 is 1.88 bits per heavy atom. The van der Waals surface area contributed by atoms with Crippen LogP contribution in [0.3, 0.4) is 0 Å². The summed E-state index contributed by atoms with van der Waals surface area (Å²) < 4.78 is 27.4. The number of phosphoric ester groups is 1. The van der Waals surface area contributed by atoms with Gasteiger partial charge in [-0.2, -0.15) is 0 Å². The van der Waals surface area contributed by atoms with E-state index in [9.17, 15) is 33.7 Å². The molecule has 4 unspecified atom stereocenters. The van der Waals surface area contributed by atoms with E-state index < -0.39 is 50.0 Å². The van der Waals surface area contributed by atoms with E-state index in [0.29, 0.717) is 13.1 Å². The second-order valence-corrected chi connectivity index (χ2v) is 11.4. The molecule has 4 N–H and O–H groups in total. The lowest BCUT2D eigenvalue weighted by atomic mass is 10.1. The van der Waals surface area contributed by atoms with Crippen LogP contribution in [0.25, 0.3) is 6.08 Å². The molecule has 1 aromatic heterocycles. The number of unbranched alkanes of at least 4 members (excludes halogenated alkanes) is 3. The Morgan fingerprint density at radius 1 is 1.20 bits per heavy atom. The van der Waals surface area contributed by atoms with Crippen molar-refractivity contribution in [3.8, 4) is 0 Å². The lowest BCUT2D eigenvalue weighted by Gasteiger charge is -2.26. The molecule has 0 aromatic carbocycles. The molecular formula is C25H38N4O10P-. The standard InChI is InChI=1S/C25H39N4O10P/c1-37-40(35,36)39-19-14-22(38-20(19)16-30)29-15-18(24(33)28-25(29)34)10-11-21(31)26-12-6-2-3-7-13-27-23(32)17-8-4-5-9-17/h10-11,15,17,19-20,22,30H,2-9,12-14,16H2,1H3,(H,26,31)(H,27,32)(H,35,36)(H,28,33,34)/p-1/b11-10+. The molecule has 1 aromatic rings. The number of aliphatic hydroxyl groups excluding tert-OH is 1. The average Bonchev–Trinajstić information content (AvgIpc) is 3.60. The van der Waals surface area contributed by atoms with Crippen molar-refractivity contribution < 1.29 is 37.9 Å². The molecule has 0 radical (unpaired) electrons. The monoisotopic (exact) mass is 585 g/mol. The summed E-state index contributed by atoms with van der Waals surface area (Å²) in [6, 6.07) is 0. The van der Waals surface area contributed by atoms with Crippen molar-refractivity contribution in [2.75, 3.05) is 26.8 Å². The zero-order chi connectivity index (χ0) is 29.1. The molecule has 1 aliphatic heterocycles. The third kappa shape index (κ3) is 9.50. The molecule has 4 atom stereocenters. The first-order valence-corrected chi connectivity index (χ1v) is 15.0. The van der Waals surface area contributed by atoms with Crippen molar-refractivity contribution >= 4 is 25.7 Å². The van der Waals surface area contributed by atoms with Gasteiger partial charge in [0.05, 0.1) is 18.3 Å². The molecule has 2 fully saturated rings. The van der Waals surface area contributed by atoms with Crippen LogP contribution in [0.15, 0.2) is 21.9 Å². The van der Waals surface area contributed by atoms with Crippen molar-refractivity contribution in [1.29, 1.82) is 0 Å². The van der Waals surface area contributed by atoms with Crippen molar-refractivity contribution in [2.24, 2.45) is 5.92 Å². The van der Waals surface area contributed by atoms with Gasteiger partial charge in [-0.15, -0.1) is 0 Å². The minimum absolute atomic E-state index is 0.00527. The zero-order valence-electron chi connectivity index (χ0n) is 22.5. The van der Waals surface area contributed by atoms with Crippen LogP contribution in [-0.4, -0.2) is 65.5 Å². The van der Waals surface area contributed by atoms with Crippen molar-refractivity contribution in [2.45, 2.75) is 76.2 Å². The van der Waals surface area contributed by atoms with E-state index in [-0.39, 0.29) is 23.8 Å². The Kier molecular flexibility index (Phi) is 12.3. The van der Waals surface area contributed by atoms with Crippen molar-refractivity contribution in [3.05, 3.63) is 38.7 Å². The number of amides is 2.